The van der Waals surface area contributed by atoms with Crippen LogP contribution in [0.2, 0.25) is 0 Å². The first-order valence-electron chi connectivity index (χ1n) is 12.4. The molecule has 2 amide bonds. The Morgan fingerprint density at radius 1 is 1.17 bits per heavy atom. The van der Waals surface area contributed by atoms with E-state index < -0.39 is 0 Å². The number of anilines is 2. The number of aromatic nitrogens is 3. The van der Waals surface area contributed by atoms with Gasteiger partial charge in [0.05, 0.1) is 11.9 Å². The molecule has 2 fully saturated rings. The summed E-state index contributed by atoms with van der Waals surface area (Å²) in [5.74, 6) is 1.24. The molecule has 2 aromatic rings. The lowest BCUT2D eigenvalue weighted by Gasteiger charge is -2.42. The Balaban J connectivity index is 1.21. The summed E-state index contributed by atoms with van der Waals surface area (Å²) in [6, 6.07) is 3.85. The molecule has 2 N–H and O–H groups in total. The highest BCUT2D eigenvalue weighted by molar-refractivity contribution is 5.80. The maximum absolute atomic E-state index is 13.0. The van der Waals surface area contributed by atoms with E-state index in [-0.39, 0.29) is 23.7 Å². The smallest absolute Gasteiger partial charge is 0.225 e. The van der Waals surface area contributed by atoms with Crippen molar-refractivity contribution in [3.05, 3.63) is 36.3 Å². The Bertz CT molecular complexity index is 1010. The number of likely N-dealkylation sites (tertiary alicyclic amines) is 1. The van der Waals surface area contributed by atoms with Gasteiger partial charge in [0.25, 0.3) is 0 Å². The van der Waals surface area contributed by atoms with Crippen molar-refractivity contribution < 1.29 is 14.4 Å². The third-order valence-corrected chi connectivity index (χ3v) is 7.13. The van der Waals surface area contributed by atoms with E-state index in [1.54, 1.807) is 13.2 Å². The van der Waals surface area contributed by atoms with Crippen molar-refractivity contribution in [2.24, 2.45) is 11.8 Å². The second kappa shape index (κ2) is 11.3. The number of amides is 2. The van der Waals surface area contributed by atoms with Crippen LogP contribution < -0.4 is 15.5 Å². The lowest BCUT2D eigenvalue weighted by atomic mass is 9.91. The lowest BCUT2D eigenvalue weighted by Crippen LogP contribution is -2.54. The number of nitrogens with one attached hydrogen (secondary N) is 2. The standard InChI is InChI=1S/C25H35N7O3/c1-26-22-12-29-32(16-22)15-18-13-31(14-18)25(35)19-7-9-30(10-8-19)23-5-3-20(11-28-23)21(17-33)4-6-24(34)27-2/h3,5,11-12,16-19,21,26H,4,6-10,13-15H2,1-2H3,(H,27,34). The molecule has 0 bridgehead atoms. The molecule has 1 unspecified atom stereocenters. The number of rotatable bonds is 10. The first-order valence-corrected chi connectivity index (χ1v) is 12.4. The first-order chi connectivity index (χ1) is 17.0. The van der Waals surface area contributed by atoms with Crippen LogP contribution in [0.1, 0.15) is 37.2 Å². The SMILES string of the molecule is CNC(=O)CCC(C=O)c1ccc(N2CCC(C(=O)N3CC(Cn4cc(NC)cn4)C3)CC2)nc1. The van der Waals surface area contributed by atoms with Gasteiger partial charge in [-0.3, -0.25) is 14.3 Å². The van der Waals surface area contributed by atoms with Gasteiger partial charge >= 0.3 is 0 Å². The van der Waals surface area contributed by atoms with Gasteiger partial charge in [0.15, 0.2) is 0 Å². The summed E-state index contributed by atoms with van der Waals surface area (Å²) in [5, 5.41) is 10.0. The van der Waals surface area contributed by atoms with Gasteiger partial charge in [-0.2, -0.15) is 5.10 Å². The fraction of sp³-hybridized carbons (Fsp3) is 0.560. The van der Waals surface area contributed by atoms with E-state index >= 15 is 0 Å². The summed E-state index contributed by atoms with van der Waals surface area (Å²) in [6.45, 7) is 4.01. The molecular formula is C25H35N7O3. The van der Waals surface area contributed by atoms with Crippen LogP contribution in [0.3, 0.4) is 0 Å². The Kier molecular flexibility index (Phi) is 7.99. The molecule has 0 spiro atoms. The number of hydrogen-bond acceptors (Lipinski definition) is 7. The van der Waals surface area contributed by atoms with Crippen molar-refractivity contribution in [1.82, 2.24) is 25.0 Å². The van der Waals surface area contributed by atoms with Gasteiger partial charge in [-0.1, -0.05) is 6.07 Å². The van der Waals surface area contributed by atoms with Gasteiger partial charge < -0.3 is 25.2 Å². The zero-order valence-corrected chi connectivity index (χ0v) is 20.5. The van der Waals surface area contributed by atoms with Crippen LogP contribution in [0, 0.1) is 11.8 Å². The molecule has 0 aliphatic carbocycles. The van der Waals surface area contributed by atoms with Crippen LogP contribution in [-0.2, 0) is 20.9 Å². The van der Waals surface area contributed by atoms with Crippen LogP contribution in [0.15, 0.2) is 30.7 Å². The van der Waals surface area contributed by atoms with Crippen molar-refractivity contribution in [1.29, 1.82) is 0 Å². The number of hydrogen-bond donors (Lipinski definition) is 2. The van der Waals surface area contributed by atoms with Crippen molar-refractivity contribution >= 4 is 29.6 Å². The molecule has 10 nitrogen and oxygen atoms in total. The molecule has 4 rings (SSSR count). The molecule has 1 atom stereocenters. The number of nitrogens with zero attached hydrogens (tertiary/aromatic N) is 5. The van der Waals surface area contributed by atoms with Crippen molar-refractivity contribution in [3.8, 4) is 0 Å². The Morgan fingerprint density at radius 2 is 1.94 bits per heavy atom. The molecule has 10 heteroatoms. The number of carbonyl (C=O) groups excluding carboxylic acids is 3. The molecule has 2 aromatic heterocycles. The van der Waals surface area contributed by atoms with Gasteiger partial charge in [0, 0.05) is 83.4 Å². The molecule has 0 saturated carbocycles. The second-order valence-electron chi connectivity index (χ2n) is 9.48. The molecule has 35 heavy (non-hydrogen) atoms. The maximum atomic E-state index is 13.0. The van der Waals surface area contributed by atoms with Crippen LogP contribution in [0.4, 0.5) is 11.5 Å². The lowest BCUT2D eigenvalue weighted by molar-refractivity contribution is -0.143. The highest BCUT2D eigenvalue weighted by atomic mass is 16.2. The minimum absolute atomic E-state index is 0.0660. The molecule has 0 aromatic carbocycles. The fourth-order valence-corrected chi connectivity index (χ4v) is 4.86. The Hall–Kier alpha value is -3.43. The summed E-state index contributed by atoms with van der Waals surface area (Å²) >= 11 is 0. The quantitative estimate of drug-likeness (QED) is 0.495. The number of piperidine rings is 1. The van der Waals surface area contributed by atoms with Gasteiger partial charge in [0.1, 0.15) is 12.1 Å². The fourth-order valence-electron chi connectivity index (χ4n) is 4.86. The highest BCUT2D eigenvalue weighted by Crippen LogP contribution is 2.28. The first kappa shape index (κ1) is 24.7. The molecule has 4 heterocycles. The summed E-state index contributed by atoms with van der Waals surface area (Å²) in [5.41, 5.74) is 1.82. The molecule has 2 saturated heterocycles. The van der Waals surface area contributed by atoms with Gasteiger partial charge in [-0.15, -0.1) is 0 Å². The average molecular weight is 482 g/mol. The van der Waals surface area contributed by atoms with Gasteiger partial charge in [-0.25, -0.2) is 4.98 Å². The number of carbonyl (C=O) groups is 3. The van der Waals surface area contributed by atoms with E-state index in [0.29, 0.717) is 18.8 Å². The van der Waals surface area contributed by atoms with Gasteiger partial charge in [0.2, 0.25) is 11.8 Å². The van der Waals surface area contributed by atoms with E-state index in [1.165, 1.54) is 0 Å². The average Bonchev–Trinajstić information content (AvgIpc) is 3.34. The predicted octanol–water partition coefficient (Wildman–Crippen LogP) is 1.50. The van der Waals surface area contributed by atoms with E-state index in [2.05, 4.69) is 25.6 Å². The molecule has 188 valence electrons. The third-order valence-electron chi connectivity index (χ3n) is 7.13. The van der Waals surface area contributed by atoms with Crippen LogP contribution >= 0.6 is 0 Å². The minimum atomic E-state index is -0.337. The van der Waals surface area contributed by atoms with Crippen LogP contribution in [-0.4, -0.2) is 78.0 Å². The Labute approximate surface area is 206 Å². The largest absolute Gasteiger partial charge is 0.386 e. The monoisotopic (exact) mass is 481 g/mol. The molecule has 2 aliphatic heterocycles. The second-order valence-corrected chi connectivity index (χ2v) is 9.48. The van der Waals surface area contributed by atoms with Crippen molar-refractivity contribution in [3.63, 3.8) is 0 Å². The topological polar surface area (TPSA) is 112 Å². The normalized spacial score (nSPS) is 17.5. The summed E-state index contributed by atoms with van der Waals surface area (Å²) in [7, 11) is 3.47. The van der Waals surface area contributed by atoms with Crippen molar-refractivity contribution in [2.75, 3.05) is 50.5 Å². The maximum Gasteiger partial charge on any atom is 0.225 e. The van der Waals surface area contributed by atoms with E-state index in [9.17, 15) is 14.4 Å². The predicted molar refractivity (Wildman–Crippen MR) is 133 cm³/mol. The molecular weight excluding hydrogens is 446 g/mol. The van der Waals surface area contributed by atoms with E-state index in [0.717, 1.165) is 68.9 Å². The highest BCUT2D eigenvalue weighted by Gasteiger charge is 2.36. The van der Waals surface area contributed by atoms with Crippen molar-refractivity contribution in [2.45, 2.75) is 38.1 Å². The number of pyridine rings is 1. The third kappa shape index (κ3) is 5.98. The van der Waals surface area contributed by atoms with E-state index in [1.807, 2.05) is 41.2 Å². The zero-order valence-electron chi connectivity index (χ0n) is 20.5. The summed E-state index contributed by atoms with van der Waals surface area (Å²) < 4.78 is 1.94. The molecule has 2 aliphatic rings. The number of aldehydes is 1. The van der Waals surface area contributed by atoms with Crippen LogP contribution in [0.5, 0.6) is 0 Å². The minimum Gasteiger partial charge on any atom is -0.386 e. The molecule has 0 radical (unpaired) electrons. The van der Waals surface area contributed by atoms with Crippen LogP contribution in [0.25, 0.3) is 0 Å². The summed E-state index contributed by atoms with van der Waals surface area (Å²) in [4.78, 5) is 44.7. The Morgan fingerprint density at radius 3 is 2.54 bits per heavy atom. The summed E-state index contributed by atoms with van der Waals surface area (Å²) in [6.07, 6.45) is 8.82. The van der Waals surface area contributed by atoms with E-state index in [4.69, 9.17) is 0 Å². The van der Waals surface area contributed by atoms with Gasteiger partial charge in [-0.05, 0) is 30.9 Å². The zero-order chi connectivity index (χ0) is 24.8.